The van der Waals surface area contributed by atoms with Crippen LogP contribution in [0.1, 0.15) is 19.4 Å². The van der Waals surface area contributed by atoms with Crippen LogP contribution in [0, 0.1) is 5.82 Å². The first-order valence-electron chi connectivity index (χ1n) is 4.83. The molecular formula is C11H16ClFN2. The van der Waals surface area contributed by atoms with Crippen LogP contribution in [-0.4, -0.2) is 12.1 Å². The molecule has 0 spiro atoms. The minimum absolute atomic E-state index is 0.200. The highest BCUT2D eigenvalue weighted by molar-refractivity contribution is 6.30. The molecule has 1 rings (SSSR count). The van der Waals surface area contributed by atoms with Crippen molar-refractivity contribution in [2.45, 2.75) is 25.9 Å². The average molecular weight is 231 g/mol. The standard InChI is InChI=1S/C11H16ClFN2/c1-11(2,7-14)15-6-8-5-9(12)3-4-10(8)13/h3-5,15H,6-7,14H2,1-2H3. The Morgan fingerprint density at radius 3 is 2.73 bits per heavy atom. The highest BCUT2D eigenvalue weighted by Gasteiger charge is 2.14. The molecule has 0 fully saturated rings. The van der Waals surface area contributed by atoms with Crippen molar-refractivity contribution in [2.75, 3.05) is 6.54 Å². The largest absolute Gasteiger partial charge is 0.329 e. The number of benzene rings is 1. The van der Waals surface area contributed by atoms with Gasteiger partial charge >= 0.3 is 0 Å². The van der Waals surface area contributed by atoms with Gasteiger partial charge in [0.25, 0.3) is 0 Å². The van der Waals surface area contributed by atoms with E-state index in [1.165, 1.54) is 12.1 Å². The molecule has 1 aromatic rings. The van der Waals surface area contributed by atoms with Gasteiger partial charge < -0.3 is 11.1 Å². The van der Waals surface area contributed by atoms with E-state index in [4.69, 9.17) is 17.3 Å². The van der Waals surface area contributed by atoms with Crippen LogP contribution in [0.2, 0.25) is 5.02 Å². The number of nitrogens with one attached hydrogen (secondary N) is 1. The quantitative estimate of drug-likeness (QED) is 0.833. The van der Waals surface area contributed by atoms with E-state index in [9.17, 15) is 4.39 Å². The summed E-state index contributed by atoms with van der Waals surface area (Å²) < 4.78 is 13.3. The van der Waals surface area contributed by atoms with Gasteiger partial charge in [-0.2, -0.15) is 0 Å². The van der Waals surface area contributed by atoms with Crippen LogP contribution in [0.5, 0.6) is 0 Å². The highest BCUT2D eigenvalue weighted by Crippen LogP contribution is 2.15. The van der Waals surface area contributed by atoms with Crippen molar-refractivity contribution in [3.8, 4) is 0 Å². The van der Waals surface area contributed by atoms with Crippen LogP contribution in [0.4, 0.5) is 4.39 Å². The van der Waals surface area contributed by atoms with Crippen LogP contribution in [0.15, 0.2) is 18.2 Å². The van der Waals surface area contributed by atoms with Gasteiger partial charge in [0.15, 0.2) is 0 Å². The van der Waals surface area contributed by atoms with Crippen molar-refractivity contribution >= 4 is 11.6 Å². The molecule has 3 N–H and O–H groups in total. The second-order valence-corrected chi connectivity index (χ2v) is 4.61. The number of nitrogens with two attached hydrogens (primary N) is 1. The van der Waals surface area contributed by atoms with Gasteiger partial charge in [0.2, 0.25) is 0 Å². The summed E-state index contributed by atoms with van der Waals surface area (Å²) in [5.74, 6) is -0.250. The number of halogens is 2. The molecule has 0 unspecified atom stereocenters. The Balaban J connectivity index is 2.69. The highest BCUT2D eigenvalue weighted by atomic mass is 35.5. The molecule has 2 nitrogen and oxygen atoms in total. The van der Waals surface area contributed by atoms with Crippen molar-refractivity contribution in [1.82, 2.24) is 5.32 Å². The molecule has 84 valence electrons. The van der Waals surface area contributed by atoms with Crippen molar-refractivity contribution in [3.63, 3.8) is 0 Å². The molecule has 0 aliphatic rings. The lowest BCUT2D eigenvalue weighted by atomic mass is 10.1. The zero-order valence-electron chi connectivity index (χ0n) is 8.98. The van der Waals surface area contributed by atoms with E-state index in [1.807, 2.05) is 13.8 Å². The molecule has 0 radical (unpaired) electrons. The summed E-state index contributed by atoms with van der Waals surface area (Å²) >= 11 is 5.78. The predicted molar refractivity (Wildman–Crippen MR) is 61.4 cm³/mol. The minimum atomic E-state index is -0.250. The number of hydrogen-bond donors (Lipinski definition) is 2. The van der Waals surface area contributed by atoms with Gasteiger partial charge in [-0.15, -0.1) is 0 Å². The Kier molecular flexibility index (Phi) is 4.08. The number of hydrogen-bond acceptors (Lipinski definition) is 2. The Labute approximate surface area is 94.6 Å². The Morgan fingerprint density at radius 2 is 2.13 bits per heavy atom. The Bertz CT molecular complexity index is 339. The lowest BCUT2D eigenvalue weighted by molar-refractivity contribution is 0.392. The fraction of sp³-hybridized carbons (Fsp3) is 0.455. The molecule has 0 amide bonds. The average Bonchev–Trinajstić information content (AvgIpc) is 2.20. The maximum atomic E-state index is 13.3. The first kappa shape index (κ1) is 12.4. The van der Waals surface area contributed by atoms with E-state index < -0.39 is 0 Å². The topological polar surface area (TPSA) is 38.0 Å². The summed E-state index contributed by atoms with van der Waals surface area (Å²) in [6, 6.07) is 4.53. The van der Waals surface area contributed by atoms with Crippen LogP contribution < -0.4 is 11.1 Å². The summed E-state index contributed by atoms with van der Waals surface area (Å²) in [4.78, 5) is 0. The van der Waals surface area contributed by atoms with Crippen molar-refractivity contribution in [3.05, 3.63) is 34.6 Å². The molecule has 0 atom stereocenters. The first-order valence-corrected chi connectivity index (χ1v) is 5.21. The Morgan fingerprint density at radius 1 is 1.47 bits per heavy atom. The van der Waals surface area contributed by atoms with Gasteiger partial charge in [0.1, 0.15) is 5.82 Å². The smallest absolute Gasteiger partial charge is 0.127 e. The SMILES string of the molecule is CC(C)(CN)NCc1cc(Cl)ccc1F. The lowest BCUT2D eigenvalue weighted by Crippen LogP contribution is -2.45. The van der Waals surface area contributed by atoms with Gasteiger partial charge in [0, 0.05) is 29.2 Å². The number of rotatable bonds is 4. The van der Waals surface area contributed by atoms with E-state index in [2.05, 4.69) is 5.32 Å². The van der Waals surface area contributed by atoms with E-state index >= 15 is 0 Å². The molecule has 0 bridgehead atoms. The second-order valence-electron chi connectivity index (χ2n) is 4.18. The van der Waals surface area contributed by atoms with Gasteiger partial charge in [-0.25, -0.2) is 4.39 Å². The first-order chi connectivity index (χ1) is 6.94. The Hall–Kier alpha value is -0.640. The van der Waals surface area contributed by atoms with Crippen molar-refractivity contribution < 1.29 is 4.39 Å². The molecule has 1 aromatic carbocycles. The zero-order valence-corrected chi connectivity index (χ0v) is 9.74. The van der Waals surface area contributed by atoms with Crippen LogP contribution in [-0.2, 0) is 6.54 Å². The monoisotopic (exact) mass is 230 g/mol. The molecule has 4 heteroatoms. The minimum Gasteiger partial charge on any atom is -0.329 e. The van der Waals surface area contributed by atoms with Crippen LogP contribution in [0.25, 0.3) is 0 Å². The fourth-order valence-corrected chi connectivity index (χ4v) is 1.28. The van der Waals surface area contributed by atoms with Crippen molar-refractivity contribution in [2.24, 2.45) is 5.73 Å². The third-order valence-corrected chi connectivity index (χ3v) is 2.51. The van der Waals surface area contributed by atoms with E-state index in [0.717, 1.165) is 0 Å². The van der Waals surface area contributed by atoms with Gasteiger partial charge in [-0.05, 0) is 32.0 Å². The van der Waals surface area contributed by atoms with Gasteiger partial charge in [-0.3, -0.25) is 0 Å². The summed E-state index contributed by atoms with van der Waals surface area (Å²) in [5.41, 5.74) is 5.92. The third-order valence-electron chi connectivity index (χ3n) is 2.28. The summed E-state index contributed by atoms with van der Waals surface area (Å²) in [5, 5.41) is 3.71. The van der Waals surface area contributed by atoms with Crippen LogP contribution >= 0.6 is 11.6 Å². The summed E-state index contributed by atoms with van der Waals surface area (Å²) in [6.07, 6.45) is 0. The van der Waals surface area contributed by atoms with E-state index in [1.54, 1.807) is 6.07 Å². The molecule has 0 aliphatic carbocycles. The fourth-order valence-electron chi connectivity index (χ4n) is 1.09. The maximum Gasteiger partial charge on any atom is 0.127 e. The summed E-state index contributed by atoms with van der Waals surface area (Å²) in [6.45, 7) is 4.86. The maximum absolute atomic E-state index is 13.3. The normalized spacial score (nSPS) is 11.8. The summed E-state index contributed by atoms with van der Waals surface area (Å²) in [7, 11) is 0. The van der Waals surface area contributed by atoms with Gasteiger partial charge in [-0.1, -0.05) is 11.6 Å². The van der Waals surface area contributed by atoms with Crippen molar-refractivity contribution in [1.29, 1.82) is 0 Å². The zero-order chi connectivity index (χ0) is 11.5. The molecule has 0 aromatic heterocycles. The lowest BCUT2D eigenvalue weighted by Gasteiger charge is -2.24. The molecule has 15 heavy (non-hydrogen) atoms. The molecular weight excluding hydrogens is 215 g/mol. The molecule has 0 saturated heterocycles. The van der Waals surface area contributed by atoms with E-state index in [-0.39, 0.29) is 11.4 Å². The van der Waals surface area contributed by atoms with E-state index in [0.29, 0.717) is 23.7 Å². The molecule has 0 aliphatic heterocycles. The predicted octanol–water partition coefficient (Wildman–Crippen LogP) is 2.31. The molecule has 0 saturated carbocycles. The second kappa shape index (κ2) is 4.92. The third kappa shape index (κ3) is 3.78. The van der Waals surface area contributed by atoms with Crippen LogP contribution in [0.3, 0.4) is 0 Å². The van der Waals surface area contributed by atoms with Gasteiger partial charge in [0.05, 0.1) is 0 Å². The molecule has 0 heterocycles.